The van der Waals surface area contributed by atoms with Crippen LogP contribution < -0.4 is 10.1 Å². The van der Waals surface area contributed by atoms with Crippen molar-refractivity contribution >= 4 is 22.9 Å². The number of aromatic nitrogens is 3. The van der Waals surface area contributed by atoms with Gasteiger partial charge in [0.05, 0.1) is 35.9 Å². The number of methoxy groups -OCH3 is 1. The molecule has 0 aliphatic carbocycles. The molecule has 0 spiro atoms. The summed E-state index contributed by atoms with van der Waals surface area (Å²) in [6.07, 6.45) is 2.99. The Morgan fingerprint density at radius 2 is 2.00 bits per heavy atom. The fraction of sp³-hybridized carbons (Fsp3) is 0.273. The van der Waals surface area contributed by atoms with Gasteiger partial charge in [0.15, 0.2) is 0 Å². The third-order valence-corrected chi connectivity index (χ3v) is 3.25. The van der Waals surface area contributed by atoms with Gasteiger partial charge in [-0.25, -0.2) is 15.0 Å². The maximum absolute atomic E-state index is 12.0. The molecule has 2 aromatic heterocycles. The van der Waals surface area contributed by atoms with Crippen molar-refractivity contribution in [3.05, 3.63) is 28.0 Å². The first-order chi connectivity index (χ1) is 8.60. The fourth-order valence-corrected chi connectivity index (χ4v) is 2.23. The molecule has 0 aromatic carbocycles. The number of amides is 1. The summed E-state index contributed by atoms with van der Waals surface area (Å²) in [5.41, 5.74) is 1.25. The van der Waals surface area contributed by atoms with Crippen molar-refractivity contribution in [3.8, 4) is 6.01 Å². The average Bonchev–Trinajstić information content (AvgIpc) is 2.69. The van der Waals surface area contributed by atoms with Crippen LogP contribution in [0.3, 0.4) is 0 Å². The number of hydrogen-bond acceptors (Lipinski definition) is 6. The van der Waals surface area contributed by atoms with Gasteiger partial charge < -0.3 is 10.1 Å². The lowest BCUT2D eigenvalue weighted by molar-refractivity contribution is 0.102. The number of thiazole rings is 1. The van der Waals surface area contributed by atoms with Crippen LogP contribution in [0, 0.1) is 13.8 Å². The Morgan fingerprint density at radius 1 is 1.33 bits per heavy atom. The summed E-state index contributed by atoms with van der Waals surface area (Å²) in [5.74, 6) is -0.202. The normalized spacial score (nSPS) is 10.2. The molecule has 0 fully saturated rings. The number of nitrogens with one attached hydrogen (secondary N) is 1. The SMILES string of the molecule is COc1ncc(NC(=O)c2sc(C)nc2C)cn1. The molecule has 6 nitrogen and oxygen atoms in total. The second-order valence-corrected chi connectivity index (χ2v) is 4.76. The second-order valence-electron chi connectivity index (χ2n) is 3.56. The monoisotopic (exact) mass is 264 g/mol. The van der Waals surface area contributed by atoms with E-state index >= 15 is 0 Å². The zero-order valence-electron chi connectivity index (χ0n) is 10.2. The zero-order valence-corrected chi connectivity index (χ0v) is 11.0. The molecule has 1 N–H and O–H groups in total. The molecule has 2 rings (SSSR count). The molecule has 0 aliphatic rings. The molecule has 2 heterocycles. The summed E-state index contributed by atoms with van der Waals surface area (Å²) in [6, 6.07) is 0.262. The van der Waals surface area contributed by atoms with Gasteiger partial charge in [0.2, 0.25) is 0 Å². The number of nitrogens with zero attached hydrogens (tertiary/aromatic N) is 3. The summed E-state index contributed by atoms with van der Waals surface area (Å²) < 4.78 is 4.84. The Morgan fingerprint density at radius 3 is 2.50 bits per heavy atom. The van der Waals surface area contributed by atoms with E-state index in [1.165, 1.54) is 30.8 Å². The molecule has 94 valence electrons. The van der Waals surface area contributed by atoms with E-state index in [0.717, 1.165) is 10.7 Å². The van der Waals surface area contributed by atoms with Crippen molar-refractivity contribution in [1.82, 2.24) is 15.0 Å². The maximum atomic E-state index is 12.0. The van der Waals surface area contributed by atoms with E-state index < -0.39 is 0 Å². The van der Waals surface area contributed by atoms with E-state index in [-0.39, 0.29) is 11.9 Å². The number of hydrogen-bond donors (Lipinski definition) is 1. The van der Waals surface area contributed by atoms with E-state index in [1.54, 1.807) is 0 Å². The minimum atomic E-state index is -0.202. The van der Waals surface area contributed by atoms with Crippen molar-refractivity contribution in [2.45, 2.75) is 13.8 Å². The summed E-state index contributed by atoms with van der Waals surface area (Å²) in [6.45, 7) is 3.67. The van der Waals surface area contributed by atoms with Crippen molar-refractivity contribution < 1.29 is 9.53 Å². The van der Waals surface area contributed by atoms with Gasteiger partial charge in [0.25, 0.3) is 5.91 Å². The first kappa shape index (κ1) is 12.4. The summed E-state index contributed by atoms with van der Waals surface area (Å²) in [5, 5.41) is 3.58. The Kier molecular flexibility index (Phi) is 3.52. The molecule has 0 atom stereocenters. The molecule has 2 aromatic rings. The van der Waals surface area contributed by atoms with Crippen molar-refractivity contribution in [3.63, 3.8) is 0 Å². The highest BCUT2D eigenvalue weighted by Crippen LogP contribution is 2.18. The standard InChI is InChI=1S/C11H12N4O2S/c1-6-9(18-7(2)14-6)10(16)15-8-4-12-11(17-3)13-5-8/h4-5H,1-3H3,(H,15,16). The molecule has 0 radical (unpaired) electrons. The topological polar surface area (TPSA) is 77.0 Å². The Labute approximate surface area is 108 Å². The van der Waals surface area contributed by atoms with Gasteiger partial charge in [-0.1, -0.05) is 0 Å². The van der Waals surface area contributed by atoms with Crippen LogP contribution in [0.5, 0.6) is 6.01 Å². The predicted octanol–water partition coefficient (Wildman–Crippen LogP) is 1.81. The van der Waals surface area contributed by atoms with Crippen molar-refractivity contribution in [1.29, 1.82) is 0 Å². The molecule has 0 aliphatic heterocycles. The lowest BCUT2D eigenvalue weighted by Gasteiger charge is -2.03. The molecule has 0 saturated heterocycles. The van der Waals surface area contributed by atoms with E-state index in [1.807, 2.05) is 13.8 Å². The van der Waals surface area contributed by atoms with Gasteiger partial charge in [-0.05, 0) is 13.8 Å². The maximum Gasteiger partial charge on any atom is 0.316 e. The average molecular weight is 264 g/mol. The smallest absolute Gasteiger partial charge is 0.316 e. The number of aryl methyl sites for hydroxylation is 2. The molecule has 18 heavy (non-hydrogen) atoms. The fourth-order valence-electron chi connectivity index (χ4n) is 1.42. The largest absolute Gasteiger partial charge is 0.467 e. The highest BCUT2D eigenvalue weighted by Gasteiger charge is 2.14. The Bertz CT molecular complexity index is 565. The lowest BCUT2D eigenvalue weighted by atomic mass is 10.3. The second kappa shape index (κ2) is 5.09. The summed E-state index contributed by atoms with van der Waals surface area (Å²) >= 11 is 1.36. The molecule has 0 unspecified atom stereocenters. The van der Waals surface area contributed by atoms with Crippen LogP contribution in [-0.2, 0) is 0 Å². The molecule has 0 saturated carbocycles. The van der Waals surface area contributed by atoms with Gasteiger partial charge in [-0.15, -0.1) is 11.3 Å². The van der Waals surface area contributed by atoms with Crippen molar-refractivity contribution in [2.75, 3.05) is 12.4 Å². The highest BCUT2D eigenvalue weighted by atomic mass is 32.1. The van der Waals surface area contributed by atoms with Gasteiger partial charge in [0.1, 0.15) is 4.88 Å². The molecular formula is C11H12N4O2S. The van der Waals surface area contributed by atoms with Gasteiger partial charge in [-0.2, -0.15) is 0 Å². The number of anilines is 1. The Balaban J connectivity index is 2.13. The van der Waals surface area contributed by atoms with Gasteiger partial charge >= 0.3 is 6.01 Å². The number of carbonyl (C=O) groups excluding carboxylic acids is 1. The number of carbonyl (C=O) groups is 1. The van der Waals surface area contributed by atoms with Crippen LogP contribution in [0.2, 0.25) is 0 Å². The lowest BCUT2D eigenvalue weighted by Crippen LogP contribution is -2.12. The van der Waals surface area contributed by atoms with E-state index in [2.05, 4.69) is 20.3 Å². The highest BCUT2D eigenvalue weighted by molar-refractivity contribution is 7.13. The minimum absolute atomic E-state index is 0.202. The molecular weight excluding hydrogens is 252 g/mol. The van der Waals surface area contributed by atoms with E-state index in [0.29, 0.717) is 10.6 Å². The molecule has 1 amide bonds. The van der Waals surface area contributed by atoms with Crippen LogP contribution in [0.15, 0.2) is 12.4 Å². The number of rotatable bonds is 3. The zero-order chi connectivity index (χ0) is 13.1. The van der Waals surface area contributed by atoms with Crippen LogP contribution in [0.25, 0.3) is 0 Å². The first-order valence-corrected chi connectivity index (χ1v) is 6.03. The summed E-state index contributed by atoms with van der Waals surface area (Å²) in [7, 11) is 1.48. The van der Waals surface area contributed by atoms with Crippen LogP contribution in [-0.4, -0.2) is 28.0 Å². The quantitative estimate of drug-likeness (QED) is 0.914. The van der Waals surface area contributed by atoms with Gasteiger partial charge in [0, 0.05) is 0 Å². The number of ether oxygens (including phenoxy) is 1. The van der Waals surface area contributed by atoms with E-state index in [9.17, 15) is 4.79 Å². The van der Waals surface area contributed by atoms with E-state index in [4.69, 9.17) is 4.74 Å². The predicted molar refractivity (Wildman–Crippen MR) is 68.1 cm³/mol. The molecule has 7 heteroatoms. The third kappa shape index (κ3) is 2.62. The Hall–Kier alpha value is -2.02. The van der Waals surface area contributed by atoms with Gasteiger partial charge in [-0.3, -0.25) is 4.79 Å². The van der Waals surface area contributed by atoms with Crippen LogP contribution in [0.4, 0.5) is 5.69 Å². The van der Waals surface area contributed by atoms with Crippen molar-refractivity contribution in [2.24, 2.45) is 0 Å². The van der Waals surface area contributed by atoms with Crippen LogP contribution >= 0.6 is 11.3 Å². The summed E-state index contributed by atoms with van der Waals surface area (Å²) in [4.78, 5) is 24.6. The third-order valence-electron chi connectivity index (χ3n) is 2.18. The van der Waals surface area contributed by atoms with Crippen LogP contribution in [0.1, 0.15) is 20.4 Å². The first-order valence-electron chi connectivity index (χ1n) is 5.21. The minimum Gasteiger partial charge on any atom is -0.467 e. The molecule has 0 bridgehead atoms.